The van der Waals surface area contributed by atoms with Gasteiger partial charge in [0.05, 0.1) is 22.5 Å². The molecule has 1 amide bonds. The van der Waals surface area contributed by atoms with Crippen LogP contribution >= 0.6 is 46.2 Å². The molecule has 0 aliphatic heterocycles. The zero-order valence-electron chi connectivity index (χ0n) is 16.1. The number of benzene rings is 1. The van der Waals surface area contributed by atoms with Gasteiger partial charge in [0.1, 0.15) is 0 Å². The van der Waals surface area contributed by atoms with Crippen molar-refractivity contribution < 1.29 is 4.79 Å². The highest BCUT2D eigenvalue weighted by Gasteiger charge is 2.15. The van der Waals surface area contributed by atoms with Gasteiger partial charge in [-0.1, -0.05) is 65.3 Å². The SMILES string of the molecule is CCSc1nnc(NC(=O)CSc2nnc(Cn3c(=O)sc4ccccc43)n2C)s1. The standard InChI is InChI=1S/C17H17N7O2S4/c1-3-27-16-22-20-14(30-16)18-13(25)9-28-15-21-19-12(23(15)2)8-24-10-6-4-5-7-11(10)29-17(24)26/h4-7H,3,8-9H2,1-2H3,(H,18,20,25). The lowest BCUT2D eigenvalue weighted by atomic mass is 10.3. The van der Waals surface area contributed by atoms with Crippen molar-refractivity contribution >= 4 is 67.5 Å². The van der Waals surface area contributed by atoms with Gasteiger partial charge in [-0.2, -0.15) is 0 Å². The summed E-state index contributed by atoms with van der Waals surface area (Å²) < 4.78 is 5.26. The van der Waals surface area contributed by atoms with E-state index in [1.807, 2.05) is 38.2 Å². The van der Waals surface area contributed by atoms with Crippen LogP contribution in [-0.4, -0.2) is 46.9 Å². The molecule has 0 fully saturated rings. The summed E-state index contributed by atoms with van der Waals surface area (Å²) in [6.45, 7) is 2.36. The molecule has 1 aromatic carbocycles. The smallest absolute Gasteiger partial charge is 0.308 e. The van der Waals surface area contributed by atoms with Gasteiger partial charge in [-0.05, 0) is 17.9 Å². The summed E-state index contributed by atoms with van der Waals surface area (Å²) in [6.07, 6.45) is 0. The number of rotatable bonds is 8. The molecule has 9 nitrogen and oxygen atoms in total. The van der Waals surface area contributed by atoms with Crippen LogP contribution in [0.2, 0.25) is 0 Å². The number of para-hydroxylation sites is 1. The molecule has 0 saturated carbocycles. The molecule has 4 aromatic rings. The molecule has 0 radical (unpaired) electrons. The van der Waals surface area contributed by atoms with E-state index >= 15 is 0 Å². The maximum Gasteiger partial charge on any atom is 0.308 e. The molecule has 0 spiro atoms. The fraction of sp³-hybridized carbons (Fsp3) is 0.294. The average molecular weight is 480 g/mol. The minimum atomic E-state index is -0.186. The predicted octanol–water partition coefficient (Wildman–Crippen LogP) is 2.93. The molecule has 4 rings (SSSR count). The monoisotopic (exact) mass is 479 g/mol. The van der Waals surface area contributed by atoms with Crippen LogP contribution < -0.4 is 10.2 Å². The molecule has 1 N–H and O–H groups in total. The number of amides is 1. The molecular formula is C17H17N7O2S4. The largest absolute Gasteiger partial charge is 0.308 e. The Hall–Kier alpha value is -2.22. The molecule has 3 aromatic heterocycles. The lowest BCUT2D eigenvalue weighted by molar-refractivity contribution is -0.113. The van der Waals surface area contributed by atoms with Gasteiger partial charge in [0, 0.05) is 7.05 Å². The van der Waals surface area contributed by atoms with E-state index in [1.165, 1.54) is 34.4 Å². The topological polar surface area (TPSA) is 108 Å². The van der Waals surface area contributed by atoms with Gasteiger partial charge < -0.3 is 4.57 Å². The van der Waals surface area contributed by atoms with Gasteiger partial charge >= 0.3 is 4.87 Å². The molecular weight excluding hydrogens is 463 g/mol. The first-order valence-electron chi connectivity index (χ1n) is 8.90. The summed E-state index contributed by atoms with van der Waals surface area (Å²) in [5.74, 6) is 1.53. The van der Waals surface area contributed by atoms with Crippen LogP contribution in [-0.2, 0) is 18.4 Å². The summed E-state index contributed by atoms with van der Waals surface area (Å²) in [6, 6.07) is 7.66. The Morgan fingerprint density at radius 3 is 2.80 bits per heavy atom. The number of fused-ring (bicyclic) bond motifs is 1. The highest BCUT2D eigenvalue weighted by molar-refractivity contribution is 8.01. The average Bonchev–Trinajstić information content (AvgIpc) is 3.40. The third-order valence-corrected chi connectivity index (χ3v) is 7.89. The Morgan fingerprint density at radius 2 is 1.97 bits per heavy atom. The summed E-state index contributed by atoms with van der Waals surface area (Å²) in [5, 5.41) is 20.2. The Kier molecular flexibility index (Phi) is 6.51. The van der Waals surface area contributed by atoms with E-state index in [0.29, 0.717) is 22.7 Å². The van der Waals surface area contributed by atoms with Gasteiger partial charge in [-0.15, -0.1) is 20.4 Å². The van der Waals surface area contributed by atoms with Gasteiger partial charge in [-0.25, -0.2) is 0 Å². The first-order valence-corrected chi connectivity index (χ1v) is 12.5. The van der Waals surface area contributed by atoms with Crippen molar-refractivity contribution in [2.45, 2.75) is 23.0 Å². The number of nitrogens with zero attached hydrogens (tertiary/aromatic N) is 6. The lowest BCUT2D eigenvalue weighted by Gasteiger charge is -2.05. The quantitative estimate of drug-likeness (QED) is 0.304. The van der Waals surface area contributed by atoms with Gasteiger partial charge in [-0.3, -0.25) is 19.5 Å². The van der Waals surface area contributed by atoms with Crippen molar-refractivity contribution in [2.75, 3.05) is 16.8 Å². The Morgan fingerprint density at radius 1 is 1.13 bits per heavy atom. The van der Waals surface area contributed by atoms with E-state index in [4.69, 9.17) is 0 Å². The summed E-state index contributed by atoms with van der Waals surface area (Å²) in [4.78, 5) is 24.5. The first kappa shape index (κ1) is 21.0. The number of anilines is 1. The van der Waals surface area contributed by atoms with Gasteiger partial charge in [0.15, 0.2) is 15.3 Å². The van der Waals surface area contributed by atoms with E-state index < -0.39 is 0 Å². The molecule has 156 valence electrons. The molecule has 0 atom stereocenters. The maximum absolute atomic E-state index is 12.3. The zero-order valence-corrected chi connectivity index (χ0v) is 19.3. The number of nitrogens with one attached hydrogen (secondary N) is 1. The van der Waals surface area contributed by atoms with E-state index in [-0.39, 0.29) is 16.5 Å². The molecule has 0 aliphatic carbocycles. The van der Waals surface area contributed by atoms with Crippen LogP contribution in [0.5, 0.6) is 0 Å². The number of hydrogen-bond acceptors (Lipinski definition) is 10. The van der Waals surface area contributed by atoms with E-state index in [9.17, 15) is 9.59 Å². The highest BCUT2D eigenvalue weighted by Crippen LogP contribution is 2.25. The minimum Gasteiger partial charge on any atom is -0.308 e. The third-order valence-electron chi connectivity index (χ3n) is 4.05. The summed E-state index contributed by atoms with van der Waals surface area (Å²) in [7, 11) is 1.83. The second-order valence-electron chi connectivity index (χ2n) is 6.02. The van der Waals surface area contributed by atoms with Crippen molar-refractivity contribution in [3.05, 3.63) is 39.8 Å². The van der Waals surface area contributed by atoms with Crippen molar-refractivity contribution in [1.82, 2.24) is 29.5 Å². The Labute approximate surface area is 187 Å². The molecule has 13 heteroatoms. The van der Waals surface area contributed by atoms with Crippen LogP contribution in [0, 0.1) is 0 Å². The van der Waals surface area contributed by atoms with Crippen molar-refractivity contribution in [1.29, 1.82) is 0 Å². The first-order chi connectivity index (χ1) is 14.5. The number of hydrogen-bond donors (Lipinski definition) is 1. The van der Waals surface area contributed by atoms with Crippen LogP contribution in [0.25, 0.3) is 10.2 Å². The fourth-order valence-corrected chi connectivity index (χ4v) is 5.93. The van der Waals surface area contributed by atoms with Crippen LogP contribution in [0.1, 0.15) is 12.7 Å². The molecule has 3 heterocycles. The lowest BCUT2D eigenvalue weighted by Crippen LogP contribution is -2.16. The van der Waals surface area contributed by atoms with Crippen molar-refractivity contribution in [3.63, 3.8) is 0 Å². The Balaban J connectivity index is 1.40. The van der Waals surface area contributed by atoms with Crippen LogP contribution in [0.3, 0.4) is 0 Å². The number of aromatic nitrogens is 6. The Bertz CT molecular complexity index is 1240. The van der Waals surface area contributed by atoms with Crippen LogP contribution in [0.4, 0.5) is 5.13 Å². The normalized spacial score (nSPS) is 11.3. The highest BCUT2D eigenvalue weighted by atomic mass is 32.2. The second kappa shape index (κ2) is 9.29. The van der Waals surface area contributed by atoms with E-state index in [0.717, 1.165) is 20.3 Å². The minimum absolute atomic E-state index is 0.0366. The third kappa shape index (κ3) is 4.58. The molecule has 0 unspecified atom stereocenters. The summed E-state index contributed by atoms with van der Waals surface area (Å²) in [5.41, 5.74) is 0.877. The molecule has 0 bridgehead atoms. The fourth-order valence-electron chi connectivity index (χ4n) is 2.64. The number of thiazole rings is 1. The number of carbonyl (C=O) groups excluding carboxylic acids is 1. The zero-order chi connectivity index (χ0) is 21.1. The van der Waals surface area contributed by atoms with E-state index in [2.05, 4.69) is 25.7 Å². The summed E-state index contributed by atoms with van der Waals surface area (Å²) >= 11 is 5.43. The molecule has 0 aliphatic rings. The van der Waals surface area contributed by atoms with Crippen LogP contribution in [0.15, 0.2) is 38.6 Å². The maximum atomic E-state index is 12.3. The number of carbonyl (C=O) groups is 1. The van der Waals surface area contributed by atoms with Crippen molar-refractivity contribution in [3.8, 4) is 0 Å². The molecule has 30 heavy (non-hydrogen) atoms. The van der Waals surface area contributed by atoms with E-state index in [1.54, 1.807) is 20.9 Å². The second-order valence-corrected chi connectivity index (χ2v) is 10.4. The number of thioether (sulfide) groups is 2. The van der Waals surface area contributed by atoms with Crippen molar-refractivity contribution in [2.24, 2.45) is 7.05 Å². The predicted molar refractivity (Wildman–Crippen MR) is 122 cm³/mol. The van der Waals surface area contributed by atoms with Gasteiger partial charge in [0.25, 0.3) is 0 Å². The van der Waals surface area contributed by atoms with Gasteiger partial charge in [0.2, 0.25) is 11.0 Å². The molecule has 0 saturated heterocycles.